The van der Waals surface area contributed by atoms with Gasteiger partial charge in [-0.3, -0.25) is 0 Å². The first kappa shape index (κ1) is 8.99. The average molecular weight is 246 g/mol. The predicted molar refractivity (Wildman–Crippen MR) is 39.6 cm³/mol. The number of halogens is 4. The van der Waals surface area contributed by atoms with Crippen molar-refractivity contribution in [2.24, 2.45) is 0 Å². The highest BCUT2D eigenvalue weighted by atomic mass is 79.9. The van der Waals surface area contributed by atoms with Crippen molar-refractivity contribution in [1.29, 1.82) is 0 Å². The van der Waals surface area contributed by atoms with Crippen LogP contribution in [0.25, 0.3) is 0 Å². The molecule has 0 unspecified atom stereocenters. The lowest BCUT2D eigenvalue weighted by Gasteiger charge is -2.01. The summed E-state index contributed by atoms with van der Waals surface area (Å²) >= 11 is 3.86. The Morgan fingerprint density at radius 1 is 1.45 bits per heavy atom. The lowest BCUT2D eigenvalue weighted by molar-refractivity contribution is -0.141. The van der Waals surface area contributed by atoms with Gasteiger partial charge in [0.05, 0.1) is 0 Å². The van der Waals surface area contributed by atoms with Crippen molar-refractivity contribution in [3.8, 4) is 0 Å². The Morgan fingerprint density at radius 3 is 2.18 bits per heavy atom. The van der Waals surface area contributed by atoms with E-state index >= 15 is 0 Å². The SMILES string of the molecule is Cc1sc(Br)nc1C(F)(F)F. The fourth-order valence-electron chi connectivity index (χ4n) is 0.627. The van der Waals surface area contributed by atoms with Gasteiger partial charge in [-0.05, 0) is 22.9 Å². The average Bonchev–Trinajstić information content (AvgIpc) is 2.08. The standard InChI is InChI=1S/C5H3BrF3NS/c1-2-3(5(7,8)9)10-4(6)11-2/h1H3. The second-order valence-corrected chi connectivity index (χ2v) is 4.35. The molecule has 1 nitrogen and oxygen atoms in total. The number of aryl methyl sites for hydroxylation is 1. The highest BCUT2D eigenvalue weighted by molar-refractivity contribution is 9.11. The van der Waals surface area contributed by atoms with E-state index in [1.807, 2.05) is 0 Å². The van der Waals surface area contributed by atoms with Gasteiger partial charge >= 0.3 is 6.18 Å². The van der Waals surface area contributed by atoms with Crippen LogP contribution in [-0.2, 0) is 6.18 Å². The third kappa shape index (κ3) is 1.93. The molecule has 1 aromatic heterocycles. The van der Waals surface area contributed by atoms with Crippen LogP contribution < -0.4 is 0 Å². The van der Waals surface area contributed by atoms with Crippen molar-refractivity contribution in [3.63, 3.8) is 0 Å². The summed E-state index contributed by atoms with van der Waals surface area (Å²) in [4.78, 5) is 3.48. The number of aromatic nitrogens is 1. The number of thiazole rings is 1. The van der Waals surface area contributed by atoms with Crippen molar-refractivity contribution in [2.45, 2.75) is 13.1 Å². The van der Waals surface area contributed by atoms with Crippen LogP contribution in [0, 0.1) is 6.92 Å². The van der Waals surface area contributed by atoms with Gasteiger partial charge in [-0.2, -0.15) is 13.2 Å². The van der Waals surface area contributed by atoms with Crippen molar-refractivity contribution in [2.75, 3.05) is 0 Å². The second-order valence-electron chi connectivity index (χ2n) is 1.87. The fraction of sp³-hybridized carbons (Fsp3) is 0.400. The fourth-order valence-corrected chi connectivity index (χ4v) is 2.18. The summed E-state index contributed by atoms with van der Waals surface area (Å²) in [6, 6.07) is 0. The minimum atomic E-state index is -4.33. The van der Waals surface area contributed by atoms with Crippen LogP contribution in [-0.4, -0.2) is 4.98 Å². The highest BCUT2D eigenvalue weighted by Crippen LogP contribution is 2.35. The molecule has 11 heavy (non-hydrogen) atoms. The zero-order valence-electron chi connectivity index (χ0n) is 5.37. The summed E-state index contributed by atoms with van der Waals surface area (Å²) in [5.74, 6) is 0. The van der Waals surface area contributed by atoms with Crippen LogP contribution in [0.1, 0.15) is 10.6 Å². The van der Waals surface area contributed by atoms with Crippen LogP contribution in [0.3, 0.4) is 0 Å². The molecule has 1 rings (SSSR count). The Kier molecular flexibility index (Phi) is 2.24. The van der Waals surface area contributed by atoms with Gasteiger partial charge < -0.3 is 0 Å². The second kappa shape index (κ2) is 2.75. The topological polar surface area (TPSA) is 12.9 Å². The van der Waals surface area contributed by atoms with Gasteiger partial charge in [-0.15, -0.1) is 11.3 Å². The Bertz CT molecular complexity index is 267. The summed E-state index contributed by atoms with van der Waals surface area (Å²) in [5, 5.41) is 0. The third-order valence-electron chi connectivity index (χ3n) is 1.04. The van der Waals surface area contributed by atoms with Crippen molar-refractivity contribution in [1.82, 2.24) is 4.98 Å². The lowest BCUT2D eigenvalue weighted by atomic mass is 10.4. The summed E-state index contributed by atoms with van der Waals surface area (Å²) in [5.41, 5.74) is -0.797. The monoisotopic (exact) mass is 245 g/mol. The van der Waals surface area contributed by atoms with E-state index < -0.39 is 11.9 Å². The minimum Gasteiger partial charge on any atom is -0.224 e. The van der Waals surface area contributed by atoms with E-state index in [1.54, 1.807) is 0 Å². The van der Waals surface area contributed by atoms with E-state index in [0.29, 0.717) is 0 Å². The maximum absolute atomic E-state index is 12.0. The van der Waals surface area contributed by atoms with Gasteiger partial charge in [0.25, 0.3) is 0 Å². The molecule has 0 aliphatic carbocycles. The number of rotatable bonds is 0. The summed E-state index contributed by atoms with van der Waals surface area (Å²) in [7, 11) is 0. The van der Waals surface area contributed by atoms with E-state index in [0.717, 1.165) is 11.3 Å². The Labute approximate surface area is 73.4 Å². The molecule has 0 bridgehead atoms. The molecule has 6 heteroatoms. The van der Waals surface area contributed by atoms with Gasteiger partial charge in [0.1, 0.15) is 0 Å². The van der Waals surface area contributed by atoms with Crippen molar-refractivity contribution in [3.05, 3.63) is 14.5 Å². The Hall–Kier alpha value is -0.100. The molecule has 0 N–H and O–H groups in total. The van der Waals surface area contributed by atoms with E-state index in [2.05, 4.69) is 20.9 Å². The Morgan fingerprint density at radius 2 is 2.00 bits per heavy atom. The molecule has 0 radical (unpaired) electrons. The van der Waals surface area contributed by atoms with Crippen LogP contribution in [0.4, 0.5) is 13.2 Å². The summed E-state index contributed by atoms with van der Waals surface area (Å²) in [6.07, 6.45) is -4.33. The molecule has 0 saturated heterocycles. The van der Waals surface area contributed by atoms with Crippen molar-refractivity contribution < 1.29 is 13.2 Å². The first-order valence-corrected chi connectivity index (χ1v) is 4.22. The zero-order valence-corrected chi connectivity index (χ0v) is 7.77. The molecule has 62 valence electrons. The molecule has 1 heterocycles. The van der Waals surface area contributed by atoms with Gasteiger partial charge in [0.2, 0.25) is 0 Å². The maximum atomic E-state index is 12.0. The molecule has 0 atom stereocenters. The van der Waals surface area contributed by atoms with E-state index in [1.165, 1.54) is 6.92 Å². The van der Waals surface area contributed by atoms with Gasteiger partial charge in [-0.1, -0.05) is 0 Å². The van der Waals surface area contributed by atoms with E-state index in [-0.39, 0.29) is 8.79 Å². The van der Waals surface area contributed by atoms with Gasteiger partial charge in [0, 0.05) is 4.88 Å². The smallest absolute Gasteiger partial charge is 0.224 e. The molecule has 0 aliphatic rings. The number of nitrogens with zero attached hydrogens (tertiary/aromatic N) is 1. The minimum absolute atomic E-state index is 0.185. The normalized spacial score (nSPS) is 12.1. The van der Waals surface area contributed by atoms with Crippen LogP contribution in [0.2, 0.25) is 0 Å². The van der Waals surface area contributed by atoms with Crippen molar-refractivity contribution >= 4 is 27.3 Å². The first-order valence-electron chi connectivity index (χ1n) is 2.61. The maximum Gasteiger partial charge on any atom is 0.434 e. The molecule has 0 fully saturated rings. The molecule has 1 aromatic rings. The molecule has 0 aromatic carbocycles. The molecular weight excluding hydrogens is 243 g/mol. The summed E-state index contributed by atoms with van der Waals surface area (Å²) in [6.45, 7) is 1.39. The molecule has 0 spiro atoms. The highest BCUT2D eigenvalue weighted by Gasteiger charge is 2.35. The molecular formula is C5H3BrF3NS. The molecule has 0 aliphatic heterocycles. The number of alkyl halides is 3. The predicted octanol–water partition coefficient (Wildman–Crippen LogP) is 3.23. The number of hydrogen-bond acceptors (Lipinski definition) is 2. The Balaban J connectivity index is 3.13. The van der Waals surface area contributed by atoms with Gasteiger partial charge in [0.15, 0.2) is 9.61 Å². The first-order chi connectivity index (χ1) is 4.91. The summed E-state index contributed by atoms with van der Waals surface area (Å²) < 4.78 is 36.2. The van der Waals surface area contributed by atoms with E-state index in [4.69, 9.17) is 0 Å². The van der Waals surface area contributed by atoms with Crippen LogP contribution >= 0.6 is 27.3 Å². The lowest BCUT2D eigenvalue weighted by Crippen LogP contribution is -2.06. The number of hydrogen-bond donors (Lipinski definition) is 0. The van der Waals surface area contributed by atoms with E-state index in [9.17, 15) is 13.2 Å². The largest absolute Gasteiger partial charge is 0.434 e. The quantitative estimate of drug-likeness (QED) is 0.684. The molecule has 0 amide bonds. The van der Waals surface area contributed by atoms with Gasteiger partial charge in [-0.25, -0.2) is 4.98 Å². The van der Waals surface area contributed by atoms with Crippen LogP contribution in [0.5, 0.6) is 0 Å². The van der Waals surface area contributed by atoms with Crippen LogP contribution in [0.15, 0.2) is 3.92 Å². The molecule has 0 saturated carbocycles. The third-order valence-corrected chi connectivity index (χ3v) is 2.46. The zero-order chi connectivity index (χ0) is 8.65.